The van der Waals surface area contributed by atoms with Gasteiger partial charge >= 0.3 is 0 Å². The van der Waals surface area contributed by atoms with Crippen LogP contribution in [0.3, 0.4) is 0 Å². The molecule has 8 heteroatoms. The molecule has 1 aliphatic carbocycles. The molecule has 38 heavy (non-hydrogen) atoms. The number of thioether (sulfide) groups is 1. The highest BCUT2D eigenvalue weighted by Crippen LogP contribution is 2.52. The van der Waals surface area contributed by atoms with Crippen molar-refractivity contribution in [3.05, 3.63) is 120 Å². The van der Waals surface area contributed by atoms with Crippen molar-refractivity contribution >= 4 is 75.1 Å². The summed E-state index contributed by atoms with van der Waals surface area (Å²) in [5.74, 6) is 0.817. The fourth-order valence-electron chi connectivity index (χ4n) is 5.19. The van der Waals surface area contributed by atoms with Crippen LogP contribution in [-0.2, 0) is 0 Å². The van der Waals surface area contributed by atoms with Crippen LogP contribution in [0.1, 0.15) is 42.0 Å². The zero-order chi connectivity index (χ0) is 26.4. The Kier molecular flexibility index (Phi) is 7.28. The minimum absolute atomic E-state index is 0.116. The summed E-state index contributed by atoms with van der Waals surface area (Å²) in [7, 11) is 1.67. The third-order valence-corrected chi connectivity index (χ3v) is 8.94. The van der Waals surface area contributed by atoms with Crippen molar-refractivity contribution in [1.29, 1.82) is 0 Å². The average Bonchev–Trinajstić information content (AvgIpc) is 3.33. The molecule has 6 rings (SSSR count). The Morgan fingerprint density at radius 3 is 2.37 bits per heavy atom. The number of allylic oxidation sites excluding steroid dienone is 1. The molecule has 192 valence electrons. The van der Waals surface area contributed by atoms with Gasteiger partial charge in [-0.05, 0) is 102 Å². The van der Waals surface area contributed by atoms with Crippen LogP contribution < -0.4 is 4.74 Å². The normalized spacial score (nSPS) is 19.8. The molecular weight excluding hydrogens is 578 g/mol. The first-order chi connectivity index (χ1) is 18.4. The van der Waals surface area contributed by atoms with Gasteiger partial charge in [-0.15, -0.1) is 0 Å². The maximum Gasteiger partial charge on any atom is 0.174 e. The molecule has 0 fully saturated rings. The van der Waals surface area contributed by atoms with Gasteiger partial charge in [0.25, 0.3) is 0 Å². The highest BCUT2D eigenvalue weighted by molar-refractivity contribution is 8.16. The maximum atomic E-state index is 6.86. The topological polar surface area (TPSA) is 24.8 Å². The van der Waals surface area contributed by atoms with Gasteiger partial charge in [0.1, 0.15) is 5.75 Å². The lowest BCUT2D eigenvalue weighted by atomic mass is 9.82. The van der Waals surface area contributed by atoms with Crippen molar-refractivity contribution in [2.24, 2.45) is 4.99 Å². The number of rotatable bonds is 4. The number of halogens is 4. The molecule has 0 amide bonds. The summed E-state index contributed by atoms with van der Waals surface area (Å²) in [6, 6.07) is 19.3. The molecule has 3 nitrogen and oxygen atoms in total. The monoisotopic (exact) mass is 598 g/mol. The Morgan fingerprint density at radius 2 is 1.66 bits per heavy atom. The molecule has 2 heterocycles. The van der Waals surface area contributed by atoms with Gasteiger partial charge in [0.2, 0.25) is 0 Å². The molecule has 3 aliphatic rings. The van der Waals surface area contributed by atoms with E-state index in [0.717, 1.165) is 63.8 Å². The van der Waals surface area contributed by atoms with Crippen LogP contribution in [0.4, 0.5) is 0 Å². The van der Waals surface area contributed by atoms with E-state index < -0.39 is 0 Å². The Morgan fingerprint density at radius 1 is 0.921 bits per heavy atom. The number of hydrogen-bond acceptors (Lipinski definition) is 4. The van der Waals surface area contributed by atoms with Crippen molar-refractivity contribution in [3.63, 3.8) is 0 Å². The van der Waals surface area contributed by atoms with Gasteiger partial charge in [0.05, 0.1) is 24.5 Å². The Hall–Kier alpha value is -2.34. The van der Waals surface area contributed by atoms with Crippen molar-refractivity contribution in [2.45, 2.75) is 25.3 Å². The number of aliphatic imine (C=N–C) groups is 1. The molecule has 0 N–H and O–H groups in total. The third kappa shape index (κ3) is 4.78. The lowest BCUT2D eigenvalue weighted by Gasteiger charge is -2.40. The van der Waals surface area contributed by atoms with E-state index in [2.05, 4.69) is 28.5 Å². The number of benzene rings is 3. The molecule has 0 saturated carbocycles. The van der Waals surface area contributed by atoms with Crippen molar-refractivity contribution in [3.8, 4) is 5.75 Å². The minimum atomic E-state index is -0.116. The molecule has 2 aliphatic heterocycles. The lowest BCUT2D eigenvalue weighted by Crippen LogP contribution is -2.35. The molecule has 0 spiro atoms. The molecule has 0 aromatic heterocycles. The average molecular weight is 600 g/mol. The Bertz CT molecular complexity index is 1560. The van der Waals surface area contributed by atoms with Crippen LogP contribution in [0.25, 0.3) is 11.8 Å². The zero-order valence-corrected chi connectivity index (χ0v) is 24.2. The van der Waals surface area contributed by atoms with Gasteiger partial charge in [0, 0.05) is 25.5 Å². The summed E-state index contributed by atoms with van der Waals surface area (Å²) >= 11 is 27.5. The Balaban J connectivity index is 1.50. The van der Waals surface area contributed by atoms with Gasteiger partial charge < -0.3 is 9.64 Å². The summed E-state index contributed by atoms with van der Waals surface area (Å²) in [4.78, 5) is 7.53. The summed E-state index contributed by atoms with van der Waals surface area (Å²) in [6.45, 7) is 0. The first-order valence-electron chi connectivity index (χ1n) is 12.2. The third-order valence-electron chi connectivity index (χ3n) is 6.97. The highest BCUT2D eigenvalue weighted by atomic mass is 35.5. The van der Waals surface area contributed by atoms with Crippen LogP contribution >= 0.6 is 58.2 Å². The van der Waals surface area contributed by atoms with E-state index in [1.165, 1.54) is 5.57 Å². The summed E-state index contributed by atoms with van der Waals surface area (Å²) in [5, 5.41) is 5.57. The van der Waals surface area contributed by atoms with Crippen LogP contribution in [0.5, 0.6) is 5.75 Å². The quantitative estimate of drug-likeness (QED) is 0.298. The van der Waals surface area contributed by atoms with Crippen molar-refractivity contribution < 1.29 is 4.74 Å². The van der Waals surface area contributed by atoms with Crippen LogP contribution in [0.2, 0.25) is 20.1 Å². The SMILES string of the molecule is COc1ccc(C2=CSC3=NC4=C(CCC/C4=C\c4ccc(Cl)cc4Cl)[C@@H](c4ccc(Cl)cc4Cl)N23)cc1. The number of hydrogen-bond donors (Lipinski definition) is 0. The van der Waals surface area contributed by atoms with Gasteiger partial charge in [-0.25, -0.2) is 4.99 Å². The standard InChI is InChI=1S/C30H22Cl4N2OS/c1-37-22-10-6-17(7-11-22)27-16-38-30-35-28-19(13-18-5-8-20(31)14-25(18)33)3-2-4-24(28)29(36(27)30)23-12-9-21(32)15-26(23)34/h5-16,29H,2-4H2,1H3/b19-13+/t29-/m1/s1. The second kappa shape index (κ2) is 10.7. The van der Waals surface area contributed by atoms with E-state index in [0.29, 0.717) is 20.1 Å². The molecule has 3 aromatic carbocycles. The van der Waals surface area contributed by atoms with Gasteiger partial charge in [-0.1, -0.05) is 70.3 Å². The number of fused-ring (bicyclic) bond motifs is 1. The van der Waals surface area contributed by atoms with Crippen molar-refractivity contribution in [2.75, 3.05) is 7.11 Å². The van der Waals surface area contributed by atoms with E-state index in [-0.39, 0.29) is 6.04 Å². The van der Waals surface area contributed by atoms with Gasteiger partial charge in [-0.2, -0.15) is 0 Å². The number of nitrogens with zero attached hydrogens (tertiary/aromatic N) is 2. The first kappa shape index (κ1) is 25.9. The smallest absolute Gasteiger partial charge is 0.174 e. The largest absolute Gasteiger partial charge is 0.497 e. The predicted molar refractivity (Wildman–Crippen MR) is 162 cm³/mol. The molecule has 3 aromatic rings. The molecule has 0 bridgehead atoms. The highest BCUT2D eigenvalue weighted by Gasteiger charge is 2.41. The molecule has 0 radical (unpaired) electrons. The summed E-state index contributed by atoms with van der Waals surface area (Å²) < 4.78 is 5.38. The van der Waals surface area contributed by atoms with E-state index in [1.807, 2.05) is 42.5 Å². The minimum Gasteiger partial charge on any atom is -0.497 e. The van der Waals surface area contributed by atoms with E-state index in [9.17, 15) is 0 Å². The zero-order valence-electron chi connectivity index (χ0n) is 20.3. The molecule has 0 unspecified atom stereocenters. The molecule has 1 atom stereocenters. The second-order valence-corrected chi connectivity index (χ2v) is 11.8. The summed E-state index contributed by atoms with van der Waals surface area (Å²) in [5.41, 5.74) is 7.52. The number of methoxy groups -OCH3 is 1. The van der Waals surface area contributed by atoms with Gasteiger partial charge in [-0.3, -0.25) is 0 Å². The van der Waals surface area contributed by atoms with E-state index in [1.54, 1.807) is 24.9 Å². The van der Waals surface area contributed by atoms with Crippen molar-refractivity contribution in [1.82, 2.24) is 4.90 Å². The first-order valence-corrected chi connectivity index (χ1v) is 14.6. The van der Waals surface area contributed by atoms with E-state index >= 15 is 0 Å². The summed E-state index contributed by atoms with van der Waals surface area (Å²) in [6.07, 6.45) is 4.98. The fourth-order valence-corrected chi connectivity index (χ4v) is 7.10. The fraction of sp³-hybridized carbons (Fsp3) is 0.167. The van der Waals surface area contributed by atoms with Gasteiger partial charge in [0.15, 0.2) is 5.17 Å². The van der Waals surface area contributed by atoms with Crippen LogP contribution in [-0.4, -0.2) is 17.2 Å². The lowest BCUT2D eigenvalue weighted by molar-refractivity contribution is 0.414. The van der Waals surface area contributed by atoms with Crippen LogP contribution in [0, 0.1) is 0 Å². The van der Waals surface area contributed by atoms with E-state index in [4.69, 9.17) is 56.1 Å². The maximum absolute atomic E-state index is 6.86. The number of amidine groups is 1. The van der Waals surface area contributed by atoms with Crippen LogP contribution in [0.15, 0.2) is 87.9 Å². The Labute approximate surface area is 246 Å². The second-order valence-electron chi connectivity index (χ2n) is 9.25. The molecule has 0 saturated heterocycles. The molecular formula is C30H22Cl4N2OS. The number of ether oxygens (including phenoxy) is 1. The predicted octanol–water partition coefficient (Wildman–Crippen LogP) is 10.3.